The van der Waals surface area contributed by atoms with Crippen LogP contribution in [-0.2, 0) is 12.6 Å². The third-order valence-corrected chi connectivity index (χ3v) is 4.78. The van der Waals surface area contributed by atoms with E-state index in [4.69, 9.17) is 0 Å². The maximum atomic E-state index is 14.4. The zero-order chi connectivity index (χ0) is 20.8. The van der Waals surface area contributed by atoms with Gasteiger partial charge in [-0.05, 0) is 25.1 Å². The van der Waals surface area contributed by atoms with Gasteiger partial charge >= 0.3 is 6.18 Å². The fourth-order valence-corrected chi connectivity index (χ4v) is 3.35. The van der Waals surface area contributed by atoms with Gasteiger partial charge in [-0.1, -0.05) is 11.3 Å². The third-order valence-electron chi connectivity index (χ3n) is 4.78. The van der Waals surface area contributed by atoms with Gasteiger partial charge in [0, 0.05) is 25.4 Å². The van der Waals surface area contributed by atoms with Crippen molar-refractivity contribution < 1.29 is 22.4 Å². The lowest BCUT2D eigenvalue weighted by Gasteiger charge is -2.32. The summed E-state index contributed by atoms with van der Waals surface area (Å²) in [7, 11) is 0. The highest BCUT2D eigenvalue weighted by atomic mass is 19.4. The summed E-state index contributed by atoms with van der Waals surface area (Å²) >= 11 is 0. The molecule has 0 saturated carbocycles. The molecule has 1 amide bonds. The fourth-order valence-electron chi connectivity index (χ4n) is 3.35. The van der Waals surface area contributed by atoms with Gasteiger partial charge in [0.2, 0.25) is 0 Å². The molecule has 0 bridgehead atoms. The van der Waals surface area contributed by atoms with Gasteiger partial charge in [-0.15, -0.1) is 5.10 Å². The molecule has 0 aliphatic carbocycles. The Morgan fingerprint density at radius 1 is 1.17 bits per heavy atom. The molecule has 1 aromatic carbocycles. The zero-order valence-electron chi connectivity index (χ0n) is 15.1. The molecule has 29 heavy (non-hydrogen) atoms. The Bertz CT molecular complexity index is 1070. The van der Waals surface area contributed by atoms with Crippen LogP contribution in [0.2, 0.25) is 0 Å². The number of halogens is 4. The van der Waals surface area contributed by atoms with Crippen LogP contribution >= 0.6 is 0 Å². The second-order valence-electron chi connectivity index (χ2n) is 6.47. The quantitative estimate of drug-likeness (QED) is 0.612. The van der Waals surface area contributed by atoms with Crippen LogP contribution in [0.25, 0.3) is 5.95 Å². The summed E-state index contributed by atoms with van der Waals surface area (Å²) in [6, 6.07) is 3.71. The average Bonchev–Trinajstić information content (AvgIpc) is 3.13. The fraction of sp³-hybridized carbons (Fsp3) is 0.278. The average molecular weight is 406 g/mol. The summed E-state index contributed by atoms with van der Waals surface area (Å²) < 4.78 is 54.8. The topological polar surface area (TPSA) is 76.8 Å². The van der Waals surface area contributed by atoms with E-state index in [1.165, 1.54) is 9.58 Å². The number of alkyl halides is 3. The first-order chi connectivity index (χ1) is 13.8. The largest absolute Gasteiger partial charge is 0.419 e. The lowest BCUT2D eigenvalue weighted by molar-refractivity contribution is -0.140. The van der Waals surface area contributed by atoms with E-state index in [0.717, 1.165) is 12.1 Å². The van der Waals surface area contributed by atoms with Crippen LogP contribution in [0.3, 0.4) is 0 Å². The van der Waals surface area contributed by atoms with Gasteiger partial charge in [0.05, 0.1) is 22.9 Å². The van der Waals surface area contributed by atoms with Gasteiger partial charge in [-0.2, -0.15) is 17.9 Å². The van der Waals surface area contributed by atoms with Crippen molar-refractivity contribution in [3.8, 4) is 5.95 Å². The smallest absolute Gasteiger partial charge is 0.330 e. The minimum Gasteiger partial charge on any atom is -0.330 e. The van der Waals surface area contributed by atoms with Gasteiger partial charge < -0.3 is 4.90 Å². The molecule has 0 saturated heterocycles. The van der Waals surface area contributed by atoms with Crippen LogP contribution in [-0.4, -0.2) is 42.3 Å². The Labute approximate surface area is 162 Å². The van der Waals surface area contributed by atoms with E-state index in [1.54, 1.807) is 25.4 Å². The standard InChI is InChI=1S/C18H14F4N6O/c1-10-15-13(28(26-25-15)17-23-7-3-8-24-17)6-9-27(10)16(29)11-4-2-5-12(14(11)19)18(20,21)22/h2-5,7-8,10H,6,9H2,1H3/t10-/m0/s1. The third kappa shape index (κ3) is 3.22. The predicted molar refractivity (Wildman–Crippen MR) is 91.5 cm³/mol. The molecule has 0 unspecified atom stereocenters. The van der Waals surface area contributed by atoms with Gasteiger partial charge in [0.15, 0.2) is 0 Å². The van der Waals surface area contributed by atoms with Gasteiger partial charge in [0.25, 0.3) is 11.9 Å². The first-order valence-electron chi connectivity index (χ1n) is 8.67. The Kier molecular flexibility index (Phi) is 4.52. The lowest BCUT2D eigenvalue weighted by atomic mass is 10.0. The SMILES string of the molecule is C[C@H]1c2nnn(-c3ncccn3)c2CCN1C(=O)c1cccc(C(F)(F)F)c1F. The highest BCUT2D eigenvalue weighted by molar-refractivity contribution is 5.95. The van der Waals surface area contributed by atoms with Crippen LogP contribution in [0.1, 0.15) is 40.3 Å². The molecule has 1 atom stereocenters. The molecule has 3 aromatic rings. The van der Waals surface area contributed by atoms with E-state index in [2.05, 4.69) is 20.3 Å². The number of rotatable bonds is 2. The molecule has 0 fully saturated rings. The number of aromatic nitrogens is 5. The Morgan fingerprint density at radius 2 is 1.90 bits per heavy atom. The number of nitrogens with zero attached hydrogens (tertiary/aromatic N) is 6. The zero-order valence-corrected chi connectivity index (χ0v) is 15.1. The summed E-state index contributed by atoms with van der Waals surface area (Å²) in [6.45, 7) is 1.81. The highest BCUT2D eigenvalue weighted by Crippen LogP contribution is 2.34. The second kappa shape index (κ2) is 6.90. The van der Waals surface area contributed by atoms with Crippen LogP contribution in [0.15, 0.2) is 36.7 Å². The van der Waals surface area contributed by atoms with Crippen LogP contribution < -0.4 is 0 Å². The molecule has 3 heterocycles. The van der Waals surface area contributed by atoms with Gasteiger partial charge in [-0.25, -0.2) is 14.4 Å². The highest BCUT2D eigenvalue weighted by Gasteiger charge is 2.38. The Balaban J connectivity index is 1.66. The maximum absolute atomic E-state index is 14.4. The number of hydrogen-bond acceptors (Lipinski definition) is 5. The van der Waals surface area contributed by atoms with Crippen molar-refractivity contribution in [3.05, 3.63) is 65.0 Å². The summed E-state index contributed by atoms with van der Waals surface area (Å²) in [5, 5.41) is 8.11. The van der Waals surface area contributed by atoms with Crippen molar-refractivity contribution in [2.75, 3.05) is 6.54 Å². The lowest BCUT2D eigenvalue weighted by Crippen LogP contribution is -2.40. The van der Waals surface area contributed by atoms with Crippen LogP contribution in [0, 0.1) is 5.82 Å². The molecule has 1 aliphatic heterocycles. The monoisotopic (exact) mass is 406 g/mol. The van der Waals surface area contributed by atoms with E-state index in [1.807, 2.05) is 0 Å². The maximum Gasteiger partial charge on any atom is 0.419 e. The number of carbonyl (C=O) groups excluding carboxylic acids is 1. The molecule has 11 heteroatoms. The van der Waals surface area contributed by atoms with Crippen molar-refractivity contribution in [3.63, 3.8) is 0 Å². The van der Waals surface area contributed by atoms with Crippen molar-refractivity contribution in [1.82, 2.24) is 29.9 Å². The number of hydrogen-bond donors (Lipinski definition) is 0. The van der Waals surface area contributed by atoms with Crippen LogP contribution in [0.5, 0.6) is 0 Å². The van der Waals surface area contributed by atoms with Crippen molar-refractivity contribution >= 4 is 5.91 Å². The number of fused-ring (bicyclic) bond motifs is 1. The summed E-state index contributed by atoms with van der Waals surface area (Å²) in [4.78, 5) is 22.3. The summed E-state index contributed by atoms with van der Waals surface area (Å²) in [6.07, 6.45) is -1.47. The van der Waals surface area contributed by atoms with E-state index < -0.39 is 35.1 Å². The molecular weight excluding hydrogens is 392 g/mol. The molecule has 7 nitrogen and oxygen atoms in total. The molecule has 2 aromatic heterocycles. The molecule has 4 rings (SSSR count). The molecule has 0 spiro atoms. The van der Waals surface area contributed by atoms with Crippen molar-refractivity contribution in [1.29, 1.82) is 0 Å². The van der Waals surface area contributed by atoms with E-state index in [9.17, 15) is 22.4 Å². The number of benzene rings is 1. The van der Waals surface area contributed by atoms with Gasteiger partial charge in [-0.3, -0.25) is 4.79 Å². The van der Waals surface area contributed by atoms with Crippen molar-refractivity contribution in [2.45, 2.75) is 25.6 Å². The van der Waals surface area contributed by atoms with Crippen molar-refractivity contribution in [2.24, 2.45) is 0 Å². The van der Waals surface area contributed by atoms with Gasteiger partial charge in [0.1, 0.15) is 11.5 Å². The molecule has 0 N–H and O–H groups in total. The first kappa shape index (κ1) is 19.0. The number of amides is 1. The Morgan fingerprint density at radius 3 is 2.59 bits per heavy atom. The molecule has 1 aliphatic rings. The molecule has 0 radical (unpaired) electrons. The molecule has 150 valence electrons. The Hall–Kier alpha value is -3.37. The normalized spacial score (nSPS) is 16.6. The van der Waals surface area contributed by atoms with E-state index in [-0.39, 0.29) is 6.54 Å². The molecular formula is C18H14F4N6O. The van der Waals surface area contributed by atoms with E-state index in [0.29, 0.717) is 29.8 Å². The first-order valence-corrected chi connectivity index (χ1v) is 8.67. The number of carbonyl (C=O) groups is 1. The van der Waals surface area contributed by atoms with Crippen LogP contribution in [0.4, 0.5) is 17.6 Å². The predicted octanol–water partition coefficient (Wildman–Crippen LogP) is 2.97. The second-order valence-corrected chi connectivity index (χ2v) is 6.47. The summed E-state index contributed by atoms with van der Waals surface area (Å²) in [5.41, 5.74) is -0.948. The minimum absolute atomic E-state index is 0.156. The minimum atomic E-state index is -4.89. The summed E-state index contributed by atoms with van der Waals surface area (Å²) in [5.74, 6) is -2.10. The van der Waals surface area contributed by atoms with E-state index >= 15 is 0 Å².